The second kappa shape index (κ2) is 5.73. The van der Waals surface area contributed by atoms with E-state index in [2.05, 4.69) is 25.7 Å². The van der Waals surface area contributed by atoms with Crippen molar-refractivity contribution >= 4 is 28.7 Å². The highest BCUT2D eigenvalue weighted by Crippen LogP contribution is 2.25. The summed E-state index contributed by atoms with van der Waals surface area (Å²) in [5.41, 5.74) is 1.30. The first-order chi connectivity index (χ1) is 11.4. The summed E-state index contributed by atoms with van der Waals surface area (Å²) in [5, 5.41) is 22.2. The van der Waals surface area contributed by atoms with E-state index in [1.807, 2.05) is 0 Å². The Morgan fingerprint density at radius 2 is 1.83 bits per heavy atom. The van der Waals surface area contributed by atoms with Crippen LogP contribution in [0.15, 0.2) is 36.5 Å². The number of benzene rings is 1. The molecule has 1 aromatic carbocycles. The Kier molecular flexibility index (Phi) is 3.72. The van der Waals surface area contributed by atoms with Gasteiger partial charge in [0.25, 0.3) is 5.91 Å². The number of rotatable bonds is 4. The third kappa shape index (κ3) is 2.69. The monoisotopic (exact) mass is 325 g/mol. The van der Waals surface area contributed by atoms with E-state index in [0.717, 1.165) is 0 Å². The van der Waals surface area contributed by atoms with Crippen LogP contribution in [-0.2, 0) is 10.2 Å². The lowest BCUT2D eigenvalue weighted by molar-refractivity contribution is -0.142. The largest absolute Gasteiger partial charge is 0.481 e. The van der Waals surface area contributed by atoms with Crippen molar-refractivity contribution in [3.05, 3.63) is 47.7 Å². The molecule has 0 fully saturated rings. The lowest BCUT2D eigenvalue weighted by Crippen LogP contribution is -2.28. The van der Waals surface area contributed by atoms with Crippen LogP contribution < -0.4 is 5.32 Å². The van der Waals surface area contributed by atoms with Gasteiger partial charge in [0.1, 0.15) is 5.52 Å². The van der Waals surface area contributed by atoms with E-state index >= 15 is 0 Å². The predicted molar refractivity (Wildman–Crippen MR) is 86.7 cm³/mol. The van der Waals surface area contributed by atoms with Gasteiger partial charge in [-0.05, 0) is 37.6 Å². The van der Waals surface area contributed by atoms with E-state index in [0.29, 0.717) is 28.0 Å². The molecule has 0 saturated carbocycles. The van der Waals surface area contributed by atoms with Crippen molar-refractivity contribution in [2.24, 2.45) is 0 Å². The number of amides is 1. The number of anilines is 1. The number of nitrogens with zero attached hydrogens (tertiary/aromatic N) is 3. The highest BCUT2D eigenvalue weighted by molar-refractivity contribution is 6.10. The minimum atomic E-state index is -0.999. The van der Waals surface area contributed by atoms with Gasteiger partial charge in [0, 0.05) is 11.9 Å². The summed E-state index contributed by atoms with van der Waals surface area (Å²) in [6, 6.07) is 8.25. The number of aliphatic carboxylic acids is 1. The summed E-state index contributed by atoms with van der Waals surface area (Å²) < 4.78 is 0. The molecule has 0 unspecified atom stereocenters. The summed E-state index contributed by atoms with van der Waals surface area (Å²) in [4.78, 5) is 27.7. The molecule has 2 heterocycles. The number of aromatic nitrogens is 4. The Morgan fingerprint density at radius 1 is 1.12 bits per heavy atom. The van der Waals surface area contributed by atoms with Crippen molar-refractivity contribution in [1.82, 2.24) is 20.4 Å². The number of hydrogen-bond donors (Lipinski definition) is 3. The minimum absolute atomic E-state index is 0.346. The van der Waals surface area contributed by atoms with Gasteiger partial charge in [0.05, 0.1) is 11.0 Å². The van der Waals surface area contributed by atoms with Gasteiger partial charge in [-0.1, -0.05) is 12.1 Å². The quantitative estimate of drug-likeness (QED) is 0.674. The first-order valence-electron chi connectivity index (χ1n) is 7.20. The van der Waals surface area contributed by atoms with Gasteiger partial charge in [-0.15, -0.1) is 5.10 Å². The van der Waals surface area contributed by atoms with Crippen molar-refractivity contribution < 1.29 is 14.7 Å². The SMILES string of the molecule is CC(C)(C(=O)O)c1ccc(NC(=O)c2ccnc3n[nH]nc23)cc1. The van der Waals surface area contributed by atoms with E-state index in [9.17, 15) is 14.7 Å². The third-order valence-electron chi connectivity index (χ3n) is 3.87. The van der Waals surface area contributed by atoms with Crippen LogP contribution in [0.2, 0.25) is 0 Å². The molecule has 3 N–H and O–H groups in total. The van der Waals surface area contributed by atoms with Gasteiger partial charge in [0.15, 0.2) is 0 Å². The van der Waals surface area contributed by atoms with Crippen LogP contribution in [0, 0.1) is 0 Å². The van der Waals surface area contributed by atoms with Gasteiger partial charge >= 0.3 is 5.97 Å². The first kappa shape index (κ1) is 15.6. The Hall–Kier alpha value is -3.29. The van der Waals surface area contributed by atoms with E-state index in [1.54, 1.807) is 44.2 Å². The molecule has 0 atom stereocenters. The number of carboxylic acid groups (broad SMARTS) is 1. The Bertz CT molecular complexity index is 915. The second-order valence-electron chi connectivity index (χ2n) is 5.82. The number of nitrogens with one attached hydrogen (secondary N) is 2. The molecule has 3 aromatic rings. The fraction of sp³-hybridized carbons (Fsp3) is 0.188. The zero-order valence-corrected chi connectivity index (χ0v) is 13.1. The Labute approximate surface area is 136 Å². The molecule has 8 nitrogen and oxygen atoms in total. The summed E-state index contributed by atoms with van der Waals surface area (Å²) in [7, 11) is 0. The molecule has 122 valence electrons. The van der Waals surface area contributed by atoms with Crippen LogP contribution in [0.3, 0.4) is 0 Å². The number of carboxylic acids is 1. The molecule has 1 amide bonds. The van der Waals surface area contributed by atoms with Gasteiger partial charge in [-0.3, -0.25) is 9.59 Å². The standard InChI is InChI=1S/C16H15N5O3/c1-16(2,15(23)24)9-3-5-10(6-4-9)18-14(22)11-7-8-17-13-12(11)19-21-20-13/h3-8H,1-2H3,(H,18,22)(H,23,24)(H,17,19,20,21). The van der Waals surface area contributed by atoms with Crippen LogP contribution in [0.1, 0.15) is 29.8 Å². The molecular formula is C16H15N5O3. The van der Waals surface area contributed by atoms with Crippen LogP contribution >= 0.6 is 0 Å². The molecular weight excluding hydrogens is 310 g/mol. The van der Waals surface area contributed by atoms with Crippen LogP contribution in [0.4, 0.5) is 5.69 Å². The van der Waals surface area contributed by atoms with E-state index in [1.165, 1.54) is 6.20 Å². The highest BCUT2D eigenvalue weighted by atomic mass is 16.4. The molecule has 0 bridgehead atoms. The van der Waals surface area contributed by atoms with Gasteiger partial charge in [-0.2, -0.15) is 10.3 Å². The van der Waals surface area contributed by atoms with E-state index in [4.69, 9.17) is 0 Å². The van der Waals surface area contributed by atoms with Crippen molar-refractivity contribution in [1.29, 1.82) is 0 Å². The normalized spacial score (nSPS) is 11.4. The molecule has 3 rings (SSSR count). The zero-order valence-electron chi connectivity index (χ0n) is 13.1. The predicted octanol–water partition coefficient (Wildman–Crippen LogP) is 1.97. The Balaban J connectivity index is 1.83. The molecule has 0 saturated heterocycles. The number of fused-ring (bicyclic) bond motifs is 1. The maximum absolute atomic E-state index is 12.4. The molecule has 0 spiro atoms. The lowest BCUT2D eigenvalue weighted by Gasteiger charge is -2.19. The summed E-state index contributed by atoms with van der Waals surface area (Å²) in [6.45, 7) is 3.25. The molecule has 0 radical (unpaired) electrons. The third-order valence-corrected chi connectivity index (χ3v) is 3.87. The van der Waals surface area contributed by atoms with Crippen LogP contribution in [0.5, 0.6) is 0 Å². The minimum Gasteiger partial charge on any atom is -0.481 e. The van der Waals surface area contributed by atoms with E-state index < -0.39 is 11.4 Å². The summed E-state index contributed by atoms with van der Waals surface area (Å²) in [6.07, 6.45) is 1.48. The smallest absolute Gasteiger partial charge is 0.313 e. The average Bonchev–Trinajstić information content (AvgIpc) is 3.03. The topological polar surface area (TPSA) is 121 Å². The van der Waals surface area contributed by atoms with Crippen molar-refractivity contribution in [3.8, 4) is 0 Å². The van der Waals surface area contributed by atoms with Crippen molar-refractivity contribution in [2.75, 3.05) is 5.32 Å². The number of carbonyl (C=O) groups is 2. The average molecular weight is 325 g/mol. The zero-order chi connectivity index (χ0) is 17.3. The molecule has 0 aliphatic carbocycles. The number of H-pyrrole nitrogens is 1. The number of aromatic amines is 1. The number of pyridine rings is 1. The van der Waals surface area contributed by atoms with Gasteiger partial charge < -0.3 is 10.4 Å². The van der Waals surface area contributed by atoms with Gasteiger partial charge in [0.2, 0.25) is 5.65 Å². The molecule has 8 heteroatoms. The maximum Gasteiger partial charge on any atom is 0.313 e. The van der Waals surface area contributed by atoms with Crippen molar-refractivity contribution in [2.45, 2.75) is 19.3 Å². The summed E-state index contributed by atoms with van der Waals surface area (Å²) >= 11 is 0. The maximum atomic E-state index is 12.4. The van der Waals surface area contributed by atoms with Crippen LogP contribution in [0.25, 0.3) is 11.2 Å². The Morgan fingerprint density at radius 3 is 2.50 bits per heavy atom. The second-order valence-corrected chi connectivity index (χ2v) is 5.82. The van der Waals surface area contributed by atoms with E-state index in [-0.39, 0.29) is 5.91 Å². The summed E-state index contributed by atoms with van der Waals surface area (Å²) in [5.74, 6) is -1.26. The number of carbonyl (C=O) groups excluding carboxylic acids is 1. The fourth-order valence-electron chi connectivity index (χ4n) is 2.23. The number of hydrogen-bond acceptors (Lipinski definition) is 5. The van der Waals surface area contributed by atoms with Crippen LogP contribution in [-0.4, -0.2) is 37.4 Å². The molecule has 0 aliphatic heterocycles. The highest BCUT2D eigenvalue weighted by Gasteiger charge is 2.29. The molecule has 2 aromatic heterocycles. The molecule has 0 aliphatic rings. The lowest BCUT2D eigenvalue weighted by atomic mass is 9.85. The fourth-order valence-corrected chi connectivity index (χ4v) is 2.23. The molecule has 24 heavy (non-hydrogen) atoms. The first-order valence-corrected chi connectivity index (χ1v) is 7.20. The van der Waals surface area contributed by atoms with Gasteiger partial charge in [-0.25, -0.2) is 4.98 Å². The van der Waals surface area contributed by atoms with Crippen molar-refractivity contribution in [3.63, 3.8) is 0 Å².